The lowest BCUT2D eigenvalue weighted by atomic mass is 10.1. The van der Waals surface area contributed by atoms with Gasteiger partial charge in [0.15, 0.2) is 17.8 Å². The fraction of sp³-hybridized carbons (Fsp3) is 0.444. The molecule has 0 aromatic carbocycles. The summed E-state index contributed by atoms with van der Waals surface area (Å²) in [6.07, 6.45) is -1.18. The number of cyclic esters (lactones) is 1. The number of aliphatic hydroxyl groups excluding tert-OH is 1. The van der Waals surface area contributed by atoms with E-state index in [4.69, 9.17) is 5.73 Å². The largest absolute Gasteiger partial charge is 0.446 e. The molecule has 1 aliphatic rings. The summed E-state index contributed by atoms with van der Waals surface area (Å²) in [7, 11) is 0. The van der Waals surface area contributed by atoms with Gasteiger partial charge in [-0.1, -0.05) is 0 Å². The van der Waals surface area contributed by atoms with Crippen LogP contribution in [0.3, 0.4) is 0 Å². The molecule has 6 heteroatoms. The number of hydrogen-bond acceptors (Lipinski definition) is 6. The molecule has 0 aromatic rings. The number of aliphatic hydroxyl groups is 1. The number of carbonyl (C=O) groups excluding carboxylic acids is 3. The number of carbonyl (C=O) groups is 3. The molecule has 15 heavy (non-hydrogen) atoms. The lowest BCUT2D eigenvalue weighted by Crippen LogP contribution is -2.33. The standard InChI is InChI=1S/C9H11NO5/c10-8-3-5(11)1-2-6(12)7(13)4-9(14)15-8/h1-2,7-8,13H,3-4,10H2/b2-1+. The highest BCUT2D eigenvalue weighted by Gasteiger charge is 2.22. The highest BCUT2D eigenvalue weighted by atomic mass is 16.6. The predicted molar refractivity (Wildman–Crippen MR) is 48.5 cm³/mol. The molecule has 0 aliphatic carbocycles. The van der Waals surface area contributed by atoms with Gasteiger partial charge in [0.05, 0.1) is 12.8 Å². The van der Waals surface area contributed by atoms with Crippen LogP contribution in [-0.2, 0) is 19.1 Å². The maximum Gasteiger partial charge on any atom is 0.310 e. The second-order valence-corrected chi connectivity index (χ2v) is 3.15. The molecule has 2 unspecified atom stereocenters. The van der Waals surface area contributed by atoms with E-state index in [0.29, 0.717) is 0 Å². The first-order valence-corrected chi connectivity index (χ1v) is 4.37. The van der Waals surface area contributed by atoms with E-state index in [1.165, 1.54) is 0 Å². The number of nitrogens with two attached hydrogens (primary N) is 1. The van der Waals surface area contributed by atoms with Crippen molar-refractivity contribution in [3.05, 3.63) is 12.2 Å². The summed E-state index contributed by atoms with van der Waals surface area (Å²) in [5.74, 6) is -1.93. The van der Waals surface area contributed by atoms with E-state index in [9.17, 15) is 19.5 Å². The Morgan fingerprint density at radius 1 is 1.27 bits per heavy atom. The average molecular weight is 213 g/mol. The van der Waals surface area contributed by atoms with Crippen LogP contribution in [-0.4, -0.2) is 35.0 Å². The van der Waals surface area contributed by atoms with Gasteiger partial charge in [0.1, 0.15) is 6.10 Å². The predicted octanol–water partition coefficient (Wildman–Crippen LogP) is -1.34. The van der Waals surface area contributed by atoms with Crippen LogP contribution >= 0.6 is 0 Å². The molecule has 0 saturated heterocycles. The van der Waals surface area contributed by atoms with Crippen LogP contribution in [0.4, 0.5) is 0 Å². The SMILES string of the molecule is NC1CC(=O)/C=C/C(=O)C(O)CC(=O)O1. The smallest absolute Gasteiger partial charge is 0.310 e. The first-order chi connectivity index (χ1) is 6.99. The molecule has 0 bridgehead atoms. The molecule has 1 rings (SSSR count). The van der Waals surface area contributed by atoms with Crippen molar-refractivity contribution in [3.63, 3.8) is 0 Å². The summed E-state index contributed by atoms with van der Waals surface area (Å²) in [6, 6.07) is 0. The van der Waals surface area contributed by atoms with E-state index >= 15 is 0 Å². The maximum absolute atomic E-state index is 11.1. The molecule has 1 heterocycles. The summed E-state index contributed by atoms with van der Waals surface area (Å²) < 4.78 is 4.59. The zero-order chi connectivity index (χ0) is 11.4. The van der Waals surface area contributed by atoms with E-state index in [1.807, 2.05) is 0 Å². The molecule has 0 aromatic heterocycles. The molecule has 0 radical (unpaired) electrons. The maximum atomic E-state index is 11.1. The molecular weight excluding hydrogens is 202 g/mol. The van der Waals surface area contributed by atoms with Gasteiger partial charge in [-0.25, -0.2) is 0 Å². The lowest BCUT2D eigenvalue weighted by Gasteiger charge is -2.14. The molecule has 82 valence electrons. The second-order valence-electron chi connectivity index (χ2n) is 3.15. The summed E-state index contributed by atoms with van der Waals surface area (Å²) in [4.78, 5) is 33.2. The van der Waals surface area contributed by atoms with Crippen molar-refractivity contribution in [1.82, 2.24) is 0 Å². The van der Waals surface area contributed by atoms with Gasteiger partial charge < -0.3 is 9.84 Å². The van der Waals surface area contributed by atoms with Crippen molar-refractivity contribution < 1.29 is 24.2 Å². The third-order valence-corrected chi connectivity index (χ3v) is 1.81. The monoisotopic (exact) mass is 213 g/mol. The molecule has 2 atom stereocenters. The summed E-state index contributed by atoms with van der Waals surface area (Å²) in [5, 5.41) is 9.19. The fourth-order valence-electron chi connectivity index (χ4n) is 1.07. The van der Waals surface area contributed by atoms with Gasteiger partial charge in [-0.2, -0.15) is 0 Å². The molecule has 6 nitrogen and oxygen atoms in total. The number of allylic oxidation sites excluding steroid dienone is 1. The lowest BCUT2D eigenvalue weighted by molar-refractivity contribution is -0.153. The summed E-state index contributed by atoms with van der Waals surface area (Å²) >= 11 is 0. The fourth-order valence-corrected chi connectivity index (χ4v) is 1.07. The van der Waals surface area contributed by atoms with E-state index in [0.717, 1.165) is 12.2 Å². The highest BCUT2D eigenvalue weighted by Crippen LogP contribution is 2.04. The molecule has 0 saturated carbocycles. The third kappa shape index (κ3) is 3.61. The topological polar surface area (TPSA) is 107 Å². The minimum absolute atomic E-state index is 0.175. The van der Waals surface area contributed by atoms with Crippen molar-refractivity contribution in [2.45, 2.75) is 25.2 Å². The van der Waals surface area contributed by atoms with Crippen LogP contribution < -0.4 is 5.73 Å². The van der Waals surface area contributed by atoms with Crippen LogP contribution in [0.5, 0.6) is 0 Å². The van der Waals surface area contributed by atoms with E-state index < -0.39 is 36.3 Å². The van der Waals surface area contributed by atoms with Crippen LogP contribution in [0.25, 0.3) is 0 Å². The van der Waals surface area contributed by atoms with Gasteiger partial charge in [-0.05, 0) is 12.2 Å². The number of esters is 1. The number of ether oxygens (including phenoxy) is 1. The van der Waals surface area contributed by atoms with Crippen molar-refractivity contribution in [3.8, 4) is 0 Å². The van der Waals surface area contributed by atoms with Crippen LogP contribution in [0.15, 0.2) is 12.2 Å². The average Bonchev–Trinajstić information content (AvgIpc) is 2.12. The molecule has 0 amide bonds. The Bertz CT molecular complexity index is 322. The van der Waals surface area contributed by atoms with Crippen molar-refractivity contribution in [1.29, 1.82) is 0 Å². The second kappa shape index (κ2) is 4.81. The highest BCUT2D eigenvalue weighted by molar-refractivity contribution is 6.02. The van der Waals surface area contributed by atoms with E-state index in [2.05, 4.69) is 4.74 Å². The normalized spacial score (nSPS) is 30.9. The molecular formula is C9H11NO5. The van der Waals surface area contributed by atoms with Gasteiger partial charge >= 0.3 is 5.97 Å². The van der Waals surface area contributed by atoms with Crippen molar-refractivity contribution in [2.75, 3.05) is 0 Å². The Morgan fingerprint density at radius 3 is 2.60 bits per heavy atom. The zero-order valence-electron chi connectivity index (χ0n) is 7.88. The minimum Gasteiger partial charge on any atom is -0.446 e. The Morgan fingerprint density at radius 2 is 1.93 bits per heavy atom. The van der Waals surface area contributed by atoms with Gasteiger partial charge in [0.2, 0.25) is 0 Å². The third-order valence-electron chi connectivity index (χ3n) is 1.81. The summed E-state index contributed by atoms with van der Waals surface area (Å²) in [5.41, 5.74) is 5.32. The van der Waals surface area contributed by atoms with Crippen molar-refractivity contribution in [2.24, 2.45) is 5.73 Å². The Hall–Kier alpha value is -1.53. The van der Waals surface area contributed by atoms with E-state index in [-0.39, 0.29) is 6.42 Å². The van der Waals surface area contributed by atoms with Gasteiger partial charge in [-0.15, -0.1) is 0 Å². The van der Waals surface area contributed by atoms with Gasteiger partial charge in [0.25, 0.3) is 0 Å². The first kappa shape index (κ1) is 11.5. The zero-order valence-corrected chi connectivity index (χ0v) is 7.88. The Balaban J connectivity index is 2.81. The Labute approximate surface area is 85.7 Å². The molecule has 0 fully saturated rings. The molecule has 0 spiro atoms. The molecule has 1 aliphatic heterocycles. The van der Waals surface area contributed by atoms with E-state index in [1.54, 1.807) is 0 Å². The number of hydrogen-bond donors (Lipinski definition) is 2. The van der Waals surface area contributed by atoms with Crippen LogP contribution in [0.1, 0.15) is 12.8 Å². The number of rotatable bonds is 0. The van der Waals surface area contributed by atoms with Crippen molar-refractivity contribution >= 4 is 17.5 Å². The van der Waals surface area contributed by atoms with Gasteiger partial charge in [-0.3, -0.25) is 20.1 Å². The molecule has 3 N–H and O–H groups in total. The van der Waals surface area contributed by atoms with Gasteiger partial charge in [0, 0.05) is 0 Å². The van der Waals surface area contributed by atoms with Crippen LogP contribution in [0.2, 0.25) is 0 Å². The first-order valence-electron chi connectivity index (χ1n) is 4.37. The summed E-state index contributed by atoms with van der Waals surface area (Å²) in [6.45, 7) is 0. The number of ketones is 2. The Kier molecular flexibility index (Phi) is 3.70. The van der Waals surface area contributed by atoms with Crippen LogP contribution in [0, 0.1) is 0 Å². The quantitative estimate of drug-likeness (QED) is 0.482. The minimum atomic E-state index is -1.48.